The second-order valence-corrected chi connectivity index (χ2v) is 8.86. The second-order valence-electron chi connectivity index (χ2n) is 8.86. The number of ether oxygens (including phenoxy) is 5. The molecule has 3 aromatic carbocycles. The molecule has 40 heavy (non-hydrogen) atoms. The first kappa shape index (κ1) is 30.9. The van der Waals surface area contributed by atoms with E-state index in [1.807, 2.05) is 84.2 Å². The SMILES string of the molecule is COc1ccc(C(OCC(COCCCNC(=O)C(F)(F)F)OC)(c2ccccc2)c2ccc(OC)cc2)cc1. The van der Waals surface area contributed by atoms with Crippen molar-refractivity contribution in [3.63, 3.8) is 0 Å². The molecule has 1 atom stereocenters. The topological polar surface area (TPSA) is 75.2 Å². The number of methoxy groups -OCH3 is 3. The van der Waals surface area contributed by atoms with Gasteiger partial charge in [-0.05, 0) is 47.4 Å². The van der Waals surface area contributed by atoms with Crippen molar-refractivity contribution >= 4 is 5.91 Å². The Bertz CT molecular complexity index is 1120. The number of halogens is 3. The maximum Gasteiger partial charge on any atom is 0.471 e. The van der Waals surface area contributed by atoms with Crippen LogP contribution in [0.15, 0.2) is 78.9 Å². The van der Waals surface area contributed by atoms with Gasteiger partial charge in [0.2, 0.25) is 0 Å². The molecule has 0 aromatic heterocycles. The number of rotatable bonds is 15. The summed E-state index contributed by atoms with van der Waals surface area (Å²) in [4.78, 5) is 10.9. The van der Waals surface area contributed by atoms with E-state index in [2.05, 4.69) is 0 Å². The summed E-state index contributed by atoms with van der Waals surface area (Å²) >= 11 is 0. The van der Waals surface area contributed by atoms with Gasteiger partial charge in [0.25, 0.3) is 0 Å². The minimum Gasteiger partial charge on any atom is -0.497 e. The highest BCUT2D eigenvalue weighted by Crippen LogP contribution is 2.41. The number of carbonyl (C=O) groups excluding carboxylic acids is 1. The summed E-state index contributed by atoms with van der Waals surface area (Å²) in [5.74, 6) is -0.560. The van der Waals surface area contributed by atoms with E-state index in [1.165, 1.54) is 7.11 Å². The predicted molar refractivity (Wildman–Crippen MR) is 144 cm³/mol. The molecule has 0 heterocycles. The Kier molecular flexibility index (Phi) is 11.4. The zero-order chi connectivity index (χ0) is 29.0. The molecule has 0 aliphatic heterocycles. The summed E-state index contributed by atoms with van der Waals surface area (Å²) < 4.78 is 65.7. The molecule has 0 saturated heterocycles. The molecule has 1 amide bonds. The molecular formula is C30H34F3NO6. The fourth-order valence-electron chi connectivity index (χ4n) is 4.17. The Morgan fingerprint density at radius 2 is 1.30 bits per heavy atom. The van der Waals surface area contributed by atoms with Gasteiger partial charge in [-0.1, -0.05) is 54.6 Å². The van der Waals surface area contributed by atoms with Gasteiger partial charge >= 0.3 is 12.1 Å². The molecule has 0 spiro atoms. The summed E-state index contributed by atoms with van der Waals surface area (Å²) in [5, 5.41) is 1.82. The van der Waals surface area contributed by atoms with Crippen molar-refractivity contribution in [1.82, 2.24) is 5.32 Å². The molecule has 3 rings (SSSR count). The van der Waals surface area contributed by atoms with E-state index in [4.69, 9.17) is 23.7 Å². The standard InChI is InChI=1S/C30H34F3NO6/c1-36-25-14-10-23(11-15-25)29(22-8-5-4-6-9-22,24-12-16-26(37-2)17-13-24)40-21-27(38-3)20-39-19-7-18-34-28(35)30(31,32)33/h4-6,8-17,27H,7,18-21H2,1-3H3,(H,34,35). The molecule has 0 radical (unpaired) electrons. The Morgan fingerprint density at radius 3 is 1.77 bits per heavy atom. The van der Waals surface area contributed by atoms with Crippen LogP contribution in [0, 0.1) is 0 Å². The van der Waals surface area contributed by atoms with Gasteiger partial charge in [-0.15, -0.1) is 0 Å². The number of hydrogen-bond acceptors (Lipinski definition) is 6. The predicted octanol–water partition coefficient (Wildman–Crippen LogP) is 5.11. The van der Waals surface area contributed by atoms with E-state index < -0.39 is 23.8 Å². The lowest BCUT2D eigenvalue weighted by Crippen LogP contribution is -2.38. The van der Waals surface area contributed by atoms with Crippen molar-refractivity contribution < 1.29 is 41.7 Å². The Labute approximate surface area is 232 Å². The van der Waals surface area contributed by atoms with Crippen molar-refractivity contribution in [3.05, 3.63) is 95.6 Å². The molecule has 0 bridgehead atoms. The summed E-state index contributed by atoms with van der Waals surface area (Å²) in [7, 11) is 4.74. The monoisotopic (exact) mass is 561 g/mol. The molecule has 0 saturated carbocycles. The fourth-order valence-corrected chi connectivity index (χ4v) is 4.17. The van der Waals surface area contributed by atoms with E-state index in [0.717, 1.165) is 16.7 Å². The molecule has 0 aliphatic rings. The van der Waals surface area contributed by atoms with E-state index >= 15 is 0 Å². The smallest absolute Gasteiger partial charge is 0.471 e. The molecule has 7 nitrogen and oxygen atoms in total. The maximum absolute atomic E-state index is 12.3. The second kappa shape index (κ2) is 14.7. The number of alkyl halides is 3. The summed E-state index contributed by atoms with van der Waals surface area (Å²) in [5.41, 5.74) is 1.58. The number of hydrogen-bond donors (Lipinski definition) is 1. The van der Waals surface area contributed by atoms with Crippen LogP contribution >= 0.6 is 0 Å². The van der Waals surface area contributed by atoms with Crippen LogP contribution in [0.2, 0.25) is 0 Å². The first-order valence-corrected chi connectivity index (χ1v) is 12.7. The third-order valence-corrected chi connectivity index (χ3v) is 6.30. The van der Waals surface area contributed by atoms with Crippen LogP contribution in [0.3, 0.4) is 0 Å². The number of benzene rings is 3. The van der Waals surface area contributed by atoms with Crippen LogP contribution in [-0.4, -0.2) is 65.9 Å². The summed E-state index contributed by atoms with van der Waals surface area (Å²) in [6.07, 6.45) is -5.17. The molecule has 1 N–H and O–H groups in total. The first-order valence-electron chi connectivity index (χ1n) is 12.7. The quantitative estimate of drug-likeness (QED) is 0.205. The molecule has 10 heteroatoms. The van der Waals surface area contributed by atoms with Crippen molar-refractivity contribution in [2.45, 2.75) is 24.3 Å². The summed E-state index contributed by atoms with van der Waals surface area (Å²) in [6, 6.07) is 25.1. The number of amides is 1. The maximum atomic E-state index is 12.3. The molecule has 216 valence electrons. The van der Waals surface area contributed by atoms with Gasteiger partial charge in [0, 0.05) is 20.3 Å². The Hall–Kier alpha value is -3.60. The van der Waals surface area contributed by atoms with E-state index in [9.17, 15) is 18.0 Å². The normalized spacial score (nSPS) is 12.6. The summed E-state index contributed by atoms with van der Waals surface area (Å²) in [6.45, 7) is 0.255. The van der Waals surface area contributed by atoms with Gasteiger partial charge in [-0.3, -0.25) is 4.79 Å². The zero-order valence-electron chi connectivity index (χ0n) is 22.7. The number of carbonyl (C=O) groups is 1. The van der Waals surface area contributed by atoms with Crippen LogP contribution < -0.4 is 14.8 Å². The minimum absolute atomic E-state index is 0.133. The van der Waals surface area contributed by atoms with Crippen LogP contribution in [0.5, 0.6) is 11.5 Å². The van der Waals surface area contributed by atoms with Gasteiger partial charge in [-0.2, -0.15) is 13.2 Å². The zero-order valence-corrected chi connectivity index (χ0v) is 22.7. The van der Waals surface area contributed by atoms with Crippen LogP contribution in [0.1, 0.15) is 23.1 Å². The third-order valence-electron chi connectivity index (χ3n) is 6.30. The average Bonchev–Trinajstić information content (AvgIpc) is 2.98. The lowest BCUT2D eigenvalue weighted by molar-refractivity contribution is -0.173. The lowest BCUT2D eigenvalue weighted by atomic mass is 9.80. The molecule has 0 aliphatic carbocycles. The molecule has 1 unspecified atom stereocenters. The van der Waals surface area contributed by atoms with Crippen molar-refractivity contribution in [2.24, 2.45) is 0 Å². The van der Waals surface area contributed by atoms with Crippen LogP contribution in [0.25, 0.3) is 0 Å². The molecular weight excluding hydrogens is 527 g/mol. The van der Waals surface area contributed by atoms with E-state index in [0.29, 0.717) is 11.5 Å². The van der Waals surface area contributed by atoms with Gasteiger partial charge in [0.05, 0.1) is 27.4 Å². The Morgan fingerprint density at radius 1 is 0.775 bits per heavy atom. The van der Waals surface area contributed by atoms with E-state index in [-0.39, 0.29) is 32.8 Å². The minimum atomic E-state index is -4.90. The highest BCUT2D eigenvalue weighted by Gasteiger charge is 2.39. The van der Waals surface area contributed by atoms with Gasteiger partial charge in [0.15, 0.2) is 0 Å². The number of nitrogens with one attached hydrogen (secondary N) is 1. The van der Waals surface area contributed by atoms with Crippen molar-refractivity contribution in [3.8, 4) is 11.5 Å². The largest absolute Gasteiger partial charge is 0.497 e. The van der Waals surface area contributed by atoms with Gasteiger partial charge < -0.3 is 29.0 Å². The van der Waals surface area contributed by atoms with Gasteiger partial charge in [0.1, 0.15) is 23.2 Å². The van der Waals surface area contributed by atoms with E-state index in [1.54, 1.807) is 14.2 Å². The first-order chi connectivity index (χ1) is 19.2. The Balaban J connectivity index is 1.81. The average molecular weight is 562 g/mol. The van der Waals surface area contributed by atoms with Gasteiger partial charge in [-0.25, -0.2) is 0 Å². The molecule has 0 fully saturated rings. The van der Waals surface area contributed by atoms with Crippen LogP contribution in [-0.2, 0) is 24.6 Å². The van der Waals surface area contributed by atoms with Crippen molar-refractivity contribution in [2.75, 3.05) is 47.7 Å². The highest BCUT2D eigenvalue weighted by molar-refractivity contribution is 5.81. The molecule has 3 aromatic rings. The van der Waals surface area contributed by atoms with Crippen molar-refractivity contribution in [1.29, 1.82) is 0 Å². The fraction of sp³-hybridized carbons (Fsp3) is 0.367. The van der Waals surface area contributed by atoms with Crippen LogP contribution in [0.4, 0.5) is 13.2 Å². The lowest BCUT2D eigenvalue weighted by Gasteiger charge is -2.37. The highest BCUT2D eigenvalue weighted by atomic mass is 19.4. The third kappa shape index (κ3) is 7.97.